The first-order chi connectivity index (χ1) is 14.1. The molecule has 29 heavy (non-hydrogen) atoms. The molecule has 0 aliphatic carbocycles. The lowest BCUT2D eigenvalue weighted by Crippen LogP contribution is -2.01. The van der Waals surface area contributed by atoms with Crippen molar-refractivity contribution in [3.8, 4) is 0 Å². The van der Waals surface area contributed by atoms with Crippen molar-refractivity contribution in [2.24, 2.45) is 0 Å². The van der Waals surface area contributed by atoms with Crippen molar-refractivity contribution in [2.75, 3.05) is 0 Å². The lowest BCUT2D eigenvalue weighted by molar-refractivity contribution is -0.137. The van der Waals surface area contributed by atoms with Crippen LogP contribution in [0.25, 0.3) is 0 Å². The summed E-state index contributed by atoms with van der Waals surface area (Å²) in [4.78, 5) is 22.6. The van der Waals surface area contributed by atoms with E-state index in [2.05, 4.69) is 19.1 Å². The van der Waals surface area contributed by atoms with Crippen molar-refractivity contribution in [1.29, 1.82) is 0 Å². The van der Waals surface area contributed by atoms with E-state index in [0.717, 1.165) is 12.0 Å². The molecule has 3 nitrogen and oxygen atoms in total. The number of rotatable bonds is 19. The van der Waals surface area contributed by atoms with Crippen LogP contribution in [0.2, 0.25) is 0 Å². The maximum absolute atomic E-state index is 12.1. The number of benzene rings is 1. The summed E-state index contributed by atoms with van der Waals surface area (Å²) in [6.07, 6.45) is 19.3. The number of Topliss-reactive ketones (excluding diaryl/α,β-unsaturated/α-hetero) is 1. The summed E-state index contributed by atoms with van der Waals surface area (Å²) in [5.74, 6) is -0.674. The van der Waals surface area contributed by atoms with Gasteiger partial charge < -0.3 is 5.11 Å². The zero-order chi connectivity index (χ0) is 21.2. The van der Waals surface area contributed by atoms with Crippen LogP contribution in [-0.2, 0) is 11.2 Å². The van der Waals surface area contributed by atoms with Crippen LogP contribution < -0.4 is 0 Å². The van der Waals surface area contributed by atoms with E-state index < -0.39 is 5.97 Å². The van der Waals surface area contributed by atoms with Crippen LogP contribution in [0.1, 0.15) is 126 Å². The Morgan fingerprint density at radius 3 is 1.66 bits per heavy atom. The van der Waals surface area contributed by atoms with Crippen molar-refractivity contribution < 1.29 is 14.7 Å². The third kappa shape index (κ3) is 14.1. The molecule has 0 bridgehead atoms. The van der Waals surface area contributed by atoms with Crippen molar-refractivity contribution in [2.45, 2.75) is 116 Å². The van der Waals surface area contributed by atoms with E-state index in [0.29, 0.717) is 19.3 Å². The van der Waals surface area contributed by atoms with Crippen molar-refractivity contribution in [3.05, 3.63) is 35.4 Å². The Labute approximate surface area is 178 Å². The van der Waals surface area contributed by atoms with E-state index >= 15 is 0 Å². The standard InChI is InChI=1S/C26H42O3/c1-2-3-4-5-6-7-8-9-10-11-12-13-16-23-19-21-24(22-20-23)25(27)17-14-15-18-26(28)29/h19-22H,2-18H2,1H3,(H,28,29). The predicted molar refractivity (Wildman–Crippen MR) is 122 cm³/mol. The van der Waals surface area contributed by atoms with Crippen LogP contribution in [0.3, 0.4) is 0 Å². The third-order valence-corrected chi connectivity index (χ3v) is 5.64. The highest BCUT2D eigenvalue weighted by Crippen LogP contribution is 2.15. The van der Waals surface area contributed by atoms with E-state index in [-0.39, 0.29) is 12.2 Å². The van der Waals surface area contributed by atoms with Crippen LogP contribution in [0.15, 0.2) is 24.3 Å². The fourth-order valence-corrected chi connectivity index (χ4v) is 3.73. The first-order valence-electron chi connectivity index (χ1n) is 12.0. The molecule has 0 spiro atoms. The van der Waals surface area contributed by atoms with Gasteiger partial charge in [-0.1, -0.05) is 102 Å². The zero-order valence-electron chi connectivity index (χ0n) is 18.6. The molecule has 0 aliphatic heterocycles. The number of carbonyl (C=O) groups is 2. The quantitative estimate of drug-likeness (QED) is 0.190. The van der Waals surface area contributed by atoms with Gasteiger partial charge in [-0.3, -0.25) is 9.59 Å². The van der Waals surface area contributed by atoms with Crippen LogP contribution in [0, 0.1) is 0 Å². The molecule has 0 radical (unpaired) electrons. The summed E-state index contributed by atoms with van der Waals surface area (Å²) in [6.45, 7) is 2.27. The number of hydrogen-bond acceptors (Lipinski definition) is 2. The molecule has 1 aromatic rings. The van der Waals surface area contributed by atoms with Gasteiger partial charge in [0, 0.05) is 18.4 Å². The molecule has 164 valence electrons. The Kier molecular flexibility index (Phi) is 15.1. The van der Waals surface area contributed by atoms with Gasteiger partial charge in [-0.15, -0.1) is 0 Å². The van der Waals surface area contributed by atoms with Crippen LogP contribution in [0.5, 0.6) is 0 Å². The minimum atomic E-state index is -0.792. The minimum absolute atomic E-state index is 0.118. The highest BCUT2D eigenvalue weighted by atomic mass is 16.4. The van der Waals surface area contributed by atoms with Crippen molar-refractivity contribution >= 4 is 11.8 Å². The molecule has 1 aromatic carbocycles. The predicted octanol–water partition coefficient (Wildman–Crippen LogP) is 7.76. The van der Waals surface area contributed by atoms with Crippen LogP contribution >= 0.6 is 0 Å². The van der Waals surface area contributed by atoms with Gasteiger partial charge >= 0.3 is 5.97 Å². The number of carbonyl (C=O) groups excluding carboxylic acids is 1. The number of hydrogen-bond donors (Lipinski definition) is 1. The first kappa shape index (κ1) is 25.4. The Balaban J connectivity index is 2.02. The summed E-state index contributed by atoms with van der Waals surface area (Å²) in [5, 5.41) is 8.63. The molecule has 0 heterocycles. The van der Waals surface area contributed by atoms with Crippen molar-refractivity contribution in [3.63, 3.8) is 0 Å². The summed E-state index contributed by atoms with van der Waals surface area (Å²) in [7, 11) is 0. The highest BCUT2D eigenvalue weighted by molar-refractivity contribution is 5.96. The largest absolute Gasteiger partial charge is 0.481 e. The Bertz CT molecular complexity index is 548. The molecule has 0 unspecified atom stereocenters. The summed E-state index contributed by atoms with van der Waals surface area (Å²) in [5.41, 5.74) is 2.05. The molecule has 0 aliphatic rings. The second kappa shape index (κ2) is 17.2. The molecule has 1 rings (SSSR count). The molecule has 0 fully saturated rings. The first-order valence-corrected chi connectivity index (χ1v) is 12.0. The van der Waals surface area contributed by atoms with Gasteiger partial charge in [-0.2, -0.15) is 0 Å². The SMILES string of the molecule is CCCCCCCCCCCCCCc1ccc(C(=O)CCCCC(=O)O)cc1. The number of unbranched alkanes of at least 4 members (excludes halogenated alkanes) is 12. The fraction of sp³-hybridized carbons (Fsp3) is 0.692. The molecule has 0 saturated heterocycles. The summed E-state index contributed by atoms with van der Waals surface area (Å²) in [6, 6.07) is 8.00. The Morgan fingerprint density at radius 1 is 0.655 bits per heavy atom. The van der Waals surface area contributed by atoms with Gasteiger partial charge in [0.2, 0.25) is 0 Å². The maximum atomic E-state index is 12.1. The smallest absolute Gasteiger partial charge is 0.303 e. The average Bonchev–Trinajstić information content (AvgIpc) is 2.72. The van der Waals surface area contributed by atoms with Crippen LogP contribution in [-0.4, -0.2) is 16.9 Å². The van der Waals surface area contributed by atoms with E-state index in [1.807, 2.05) is 12.1 Å². The molecule has 0 amide bonds. The monoisotopic (exact) mass is 402 g/mol. The minimum Gasteiger partial charge on any atom is -0.481 e. The lowest BCUT2D eigenvalue weighted by atomic mass is 10.0. The maximum Gasteiger partial charge on any atom is 0.303 e. The van der Waals surface area contributed by atoms with E-state index in [9.17, 15) is 9.59 Å². The van der Waals surface area contributed by atoms with Gasteiger partial charge in [-0.25, -0.2) is 0 Å². The second-order valence-electron chi connectivity index (χ2n) is 8.36. The molecular weight excluding hydrogens is 360 g/mol. The molecular formula is C26H42O3. The number of aryl methyl sites for hydroxylation is 1. The summed E-state index contributed by atoms with van der Waals surface area (Å²) < 4.78 is 0. The zero-order valence-corrected chi connectivity index (χ0v) is 18.6. The van der Waals surface area contributed by atoms with Gasteiger partial charge in [0.15, 0.2) is 5.78 Å². The van der Waals surface area contributed by atoms with Crippen LogP contribution in [0.4, 0.5) is 0 Å². The highest BCUT2D eigenvalue weighted by Gasteiger charge is 2.06. The number of aliphatic carboxylic acids is 1. The molecule has 0 atom stereocenters. The molecule has 0 aromatic heterocycles. The Hall–Kier alpha value is -1.64. The Morgan fingerprint density at radius 2 is 1.14 bits per heavy atom. The van der Waals surface area contributed by atoms with E-state index in [1.165, 1.54) is 82.6 Å². The molecule has 3 heteroatoms. The lowest BCUT2D eigenvalue weighted by Gasteiger charge is -2.05. The average molecular weight is 403 g/mol. The molecule has 0 saturated carbocycles. The van der Waals surface area contributed by atoms with Gasteiger partial charge in [-0.05, 0) is 31.2 Å². The molecule has 1 N–H and O–H groups in total. The number of ketones is 1. The van der Waals surface area contributed by atoms with E-state index in [1.54, 1.807) is 0 Å². The number of carboxylic acid groups (broad SMARTS) is 1. The topological polar surface area (TPSA) is 54.4 Å². The normalized spacial score (nSPS) is 10.9. The third-order valence-electron chi connectivity index (χ3n) is 5.64. The second-order valence-corrected chi connectivity index (χ2v) is 8.36. The van der Waals surface area contributed by atoms with Gasteiger partial charge in [0.25, 0.3) is 0 Å². The van der Waals surface area contributed by atoms with Gasteiger partial charge in [0.1, 0.15) is 0 Å². The fourth-order valence-electron chi connectivity index (χ4n) is 3.73. The van der Waals surface area contributed by atoms with Crippen molar-refractivity contribution in [1.82, 2.24) is 0 Å². The van der Waals surface area contributed by atoms with Gasteiger partial charge in [0.05, 0.1) is 0 Å². The summed E-state index contributed by atoms with van der Waals surface area (Å²) >= 11 is 0. The number of carboxylic acids is 1. The van der Waals surface area contributed by atoms with E-state index in [4.69, 9.17) is 5.11 Å².